The van der Waals surface area contributed by atoms with E-state index >= 15 is 0 Å². The van der Waals surface area contributed by atoms with Gasteiger partial charge in [-0.3, -0.25) is 9.36 Å². The van der Waals surface area contributed by atoms with E-state index in [4.69, 9.17) is 9.47 Å². The molecule has 1 aliphatic rings. The number of aromatic nitrogens is 4. The van der Waals surface area contributed by atoms with Crippen LogP contribution in [-0.4, -0.2) is 64.4 Å². The predicted octanol–water partition coefficient (Wildman–Crippen LogP) is 2.46. The highest BCUT2D eigenvalue weighted by atomic mass is 32.2. The fraction of sp³-hybridized carbons (Fsp3) is 0.450. The fourth-order valence-corrected chi connectivity index (χ4v) is 4.24. The van der Waals surface area contributed by atoms with Gasteiger partial charge in [0.2, 0.25) is 5.91 Å². The maximum absolute atomic E-state index is 12.2. The SMILES string of the molecule is COCCn1c(SCC(=O)NC[C@H]2CCCO2)nnc1-c1c[nH]c2ccccc12. The van der Waals surface area contributed by atoms with Crippen molar-refractivity contribution < 1.29 is 14.3 Å². The Labute approximate surface area is 173 Å². The zero-order valence-corrected chi connectivity index (χ0v) is 17.2. The van der Waals surface area contributed by atoms with Gasteiger partial charge in [0.15, 0.2) is 11.0 Å². The summed E-state index contributed by atoms with van der Waals surface area (Å²) >= 11 is 1.38. The van der Waals surface area contributed by atoms with Crippen molar-refractivity contribution in [3.63, 3.8) is 0 Å². The van der Waals surface area contributed by atoms with Gasteiger partial charge in [0.1, 0.15) is 0 Å². The Hall–Kier alpha value is -2.36. The molecule has 0 spiro atoms. The molecule has 1 atom stereocenters. The molecule has 0 aliphatic carbocycles. The number of ether oxygens (including phenoxy) is 2. The number of hydrogen-bond acceptors (Lipinski definition) is 6. The van der Waals surface area contributed by atoms with Crippen LogP contribution >= 0.6 is 11.8 Å². The lowest BCUT2D eigenvalue weighted by Crippen LogP contribution is -2.33. The van der Waals surface area contributed by atoms with Crippen LogP contribution in [-0.2, 0) is 20.8 Å². The number of para-hydroxylation sites is 1. The van der Waals surface area contributed by atoms with Gasteiger partial charge in [-0.15, -0.1) is 10.2 Å². The van der Waals surface area contributed by atoms with E-state index in [0.29, 0.717) is 24.9 Å². The van der Waals surface area contributed by atoms with Crippen LogP contribution in [0.3, 0.4) is 0 Å². The normalized spacial score (nSPS) is 16.5. The molecule has 8 nitrogen and oxygen atoms in total. The summed E-state index contributed by atoms with van der Waals surface area (Å²) in [5.74, 6) is 1.02. The van der Waals surface area contributed by atoms with Gasteiger partial charge in [-0.25, -0.2) is 0 Å². The third-order valence-corrected chi connectivity index (χ3v) is 5.92. The fourth-order valence-electron chi connectivity index (χ4n) is 3.45. The van der Waals surface area contributed by atoms with Crippen molar-refractivity contribution in [2.45, 2.75) is 30.6 Å². The minimum absolute atomic E-state index is 0.0274. The maximum atomic E-state index is 12.2. The summed E-state index contributed by atoms with van der Waals surface area (Å²) in [6.45, 7) is 2.50. The number of carbonyl (C=O) groups excluding carboxylic acids is 1. The number of nitrogens with one attached hydrogen (secondary N) is 2. The van der Waals surface area contributed by atoms with Gasteiger partial charge < -0.3 is 19.8 Å². The van der Waals surface area contributed by atoms with Crippen molar-refractivity contribution in [1.82, 2.24) is 25.1 Å². The van der Waals surface area contributed by atoms with Crippen molar-refractivity contribution in [2.75, 3.05) is 32.6 Å². The van der Waals surface area contributed by atoms with E-state index in [2.05, 4.69) is 26.6 Å². The highest BCUT2D eigenvalue weighted by Gasteiger charge is 2.19. The first-order chi connectivity index (χ1) is 14.3. The lowest BCUT2D eigenvalue weighted by atomic mass is 10.1. The largest absolute Gasteiger partial charge is 0.383 e. The van der Waals surface area contributed by atoms with Crippen molar-refractivity contribution in [3.05, 3.63) is 30.5 Å². The quantitative estimate of drug-likeness (QED) is 0.522. The molecule has 1 saturated heterocycles. The molecular weight excluding hydrogens is 390 g/mol. The van der Waals surface area contributed by atoms with Crippen LogP contribution in [0, 0.1) is 0 Å². The molecule has 29 heavy (non-hydrogen) atoms. The molecule has 2 aromatic heterocycles. The number of rotatable bonds is 9. The topological polar surface area (TPSA) is 94.1 Å². The van der Waals surface area contributed by atoms with E-state index in [1.165, 1.54) is 11.8 Å². The smallest absolute Gasteiger partial charge is 0.230 e. The van der Waals surface area contributed by atoms with Gasteiger partial charge >= 0.3 is 0 Å². The summed E-state index contributed by atoms with van der Waals surface area (Å²) in [5, 5.41) is 13.5. The van der Waals surface area contributed by atoms with Gasteiger partial charge in [0.25, 0.3) is 0 Å². The molecule has 9 heteroatoms. The van der Waals surface area contributed by atoms with Crippen molar-refractivity contribution in [2.24, 2.45) is 0 Å². The van der Waals surface area contributed by atoms with Gasteiger partial charge in [0, 0.05) is 42.9 Å². The Bertz CT molecular complexity index is 964. The predicted molar refractivity (Wildman–Crippen MR) is 112 cm³/mol. The third-order valence-electron chi connectivity index (χ3n) is 4.95. The van der Waals surface area contributed by atoms with Crippen LogP contribution in [0.2, 0.25) is 0 Å². The van der Waals surface area contributed by atoms with Gasteiger partial charge in [-0.05, 0) is 18.9 Å². The summed E-state index contributed by atoms with van der Waals surface area (Å²) in [5.41, 5.74) is 2.03. The molecule has 1 aliphatic heterocycles. The first kappa shape index (κ1) is 19.9. The van der Waals surface area contributed by atoms with Gasteiger partial charge in [-0.1, -0.05) is 30.0 Å². The monoisotopic (exact) mass is 415 g/mol. The van der Waals surface area contributed by atoms with Crippen molar-refractivity contribution >= 4 is 28.6 Å². The Kier molecular flexibility index (Phi) is 6.48. The van der Waals surface area contributed by atoms with Crippen LogP contribution in [0.25, 0.3) is 22.3 Å². The van der Waals surface area contributed by atoms with E-state index in [9.17, 15) is 4.79 Å². The highest BCUT2D eigenvalue weighted by Crippen LogP contribution is 2.29. The Morgan fingerprint density at radius 3 is 3.14 bits per heavy atom. The number of hydrogen-bond donors (Lipinski definition) is 2. The molecule has 1 aromatic carbocycles. The minimum atomic E-state index is -0.0274. The molecule has 0 unspecified atom stereocenters. The number of thioether (sulfide) groups is 1. The number of methoxy groups -OCH3 is 1. The molecule has 1 fully saturated rings. The number of fused-ring (bicyclic) bond motifs is 1. The molecule has 154 valence electrons. The average molecular weight is 416 g/mol. The first-order valence-corrected chi connectivity index (χ1v) is 10.7. The Balaban J connectivity index is 1.47. The summed E-state index contributed by atoms with van der Waals surface area (Å²) in [4.78, 5) is 15.5. The van der Waals surface area contributed by atoms with Crippen LogP contribution in [0.15, 0.2) is 35.6 Å². The van der Waals surface area contributed by atoms with Crippen molar-refractivity contribution in [3.8, 4) is 11.4 Å². The number of benzene rings is 1. The minimum Gasteiger partial charge on any atom is -0.383 e. The van der Waals surface area contributed by atoms with Crippen LogP contribution in [0.5, 0.6) is 0 Å². The number of aromatic amines is 1. The number of amides is 1. The van der Waals surface area contributed by atoms with Crippen LogP contribution in [0.4, 0.5) is 0 Å². The zero-order chi connectivity index (χ0) is 20.1. The van der Waals surface area contributed by atoms with E-state index < -0.39 is 0 Å². The lowest BCUT2D eigenvalue weighted by molar-refractivity contribution is -0.119. The molecule has 4 rings (SSSR count). The van der Waals surface area contributed by atoms with Gasteiger partial charge in [-0.2, -0.15) is 0 Å². The second-order valence-corrected chi connectivity index (χ2v) is 7.87. The summed E-state index contributed by atoms with van der Waals surface area (Å²) in [7, 11) is 1.67. The van der Waals surface area contributed by atoms with E-state index in [-0.39, 0.29) is 17.8 Å². The number of H-pyrrole nitrogens is 1. The molecule has 0 radical (unpaired) electrons. The van der Waals surface area contributed by atoms with E-state index in [1.807, 2.05) is 29.0 Å². The molecule has 2 N–H and O–H groups in total. The summed E-state index contributed by atoms with van der Waals surface area (Å²) < 4.78 is 12.8. The Morgan fingerprint density at radius 2 is 2.31 bits per heavy atom. The first-order valence-electron chi connectivity index (χ1n) is 9.76. The average Bonchev–Trinajstić information content (AvgIpc) is 3.48. The van der Waals surface area contributed by atoms with E-state index in [0.717, 1.165) is 41.7 Å². The summed E-state index contributed by atoms with van der Waals surface area (Å²) in [6.07, 6.45) is 4.16. The van der Waals surface area contributed by atoms with Gasteiger partial charge in [0.05, 0.1) is 25.0 Å². The van der Waals surface area contributed by atoms with Crippen LogP contribution in [0.1, 0.15) is 12.8 Å². The van der Waals surface area contributed by atoms with Crippen LogP contribution < -0.4 is 5.32 Å². The molecule has 3 aromatic rings. The maximum Gasteiger partial charge on any atom is 0.230 e. The Morgan fingerprint density at radius 1 is 1.41 bits per heavy atom. The standard InChI is InChI=1S/C20H25N5O3S/c1-27-10-8-25-19(16-12-21-17-7-3-2-6-15(16)17)23-24-20(25)29-13-18(26)22-11-14-5-4-9-28-14/h2-3,6-7,12,14,21H,4-5,8-11,13H2,1H3,(H,22,26)/t14-/m1/s1. The second kappa shape index (κ2) is 9.43. The summed E-state index contributed by atoms with van der Waals surface area (Å²) in [6, 6.07) is 8.09. The highest BCUT2D eigenvalue weighted by molar-refractivity contribution is 7.99. The third kappa shape index (κ3) is 4.63. The van der Waals surface area contributed by atoms with Crippen molar-refractivity contribution in [1.29, 1.82) is 0 Å². The number of nitrogens with zero attached hydrogens (tertiary/aromatic N) is 3. The molecule has 0 bridgehead atoms. The van der Waals surface area contributed by atoms with E-state index in [1.54, 1.807) is 7.11 Å². The lowest BCUT2D eigenvalue weighted by Gasteiger charge is -2.11. The number of carbonyl (C=O) groups is 1. The molecule has 1 amide bonds. The second-order valence-electron chi connectivity index (χ2n) is 6.93. The molecule has 0 saturated carbocycles. The molecular formula is C20H25N5O3S. The molecule has 3 heterocycles. The zero-order valence-electron chi connectivity index (χ0n) is 16.4.